The SMILES string of the molecule is C=C1c2sc3ccccc3c2CCN1C(=O)c1cccnc1. The Bertz CT molecular complexity index is 882. The van der Waals surface area contributed by atoms with E-state index in [1.165, 1.54) is 15.6 Å². The van der Waals surface area contributed by atoms with Gasteiger partial charge in [-0.15, -0.1) is 11.3 Å². The number of pyridine rings is 1. The Morgan fingerprint density at radius 2 is 2.09 bits per heavy atom. The summed E-state index contributed by atoms with van der Waals surface area (Å²) in [6.07, 6.45) is 4.15. The van der Waals surface area contributed by atoms with Crippen molar-refractivity contribution in [2.24, 2.45) is 0 Å². The van der Waals surface area contributed by atoms with E-state index in [0.717, 1.165) is 17.0 Å². The molecule has 1 aliphatic rings. The molecule has 3 nitrogen and oxygen atoms in total. The van der Waals surface area contributed by atoms with Crippen LogP contribution in [0.5, 0.6) is 0 Å². The molecule has 0 radical (unpaired) electrons. The molecule has 0 aliphatic carbocycles. The molecule has 108 valence electrons. The number of amides is 1. The van der Waals surface area contributed by atoms with Gasteiger partial charge in [0.25, 0.3) is 5.91 Å². The van der Waals surface area contributed by atoms with Crippen LogP contribution in [0.25, 0.3) is 15.8 Å². The van der Waals surface area contributed by atoms with Crippen molar-refractivity contribution in [1.82, 2.24) is 9.88 Å². The third-order valence-electron chi connectivity index (χ3n) is 4.03. The molecular weight excluding hydrogens is 292 g/mol. The molecule has 22 heavy (non-hydrogen) atoms. The Kier molecular flexibility index (Phi) is 3.05. The van der Waals surface area contributed by atoms with E-state index in [2.05, 4.69) is 29.8 Å². The highest BCUT2D eigenvalue weighted by Crippen LogP contribution is 2.40. The van der Waals surface area contributed by atoms with Crippen molar-refractivity contribution in [2.75, 3.05) is 6.54 Å². The summed E-state index contributed by atoms with van der Waals surface area (Å²) < 4.78 is 1.25. The van der Waals surface area contributed by atoms with E-state index >= 15 is 0 Å². The smallest absolute Gasteiger partial charge is 0.259 e. The first kappa shape index (κ1) is 13.2. The number of carbonyl (C=O) groups is 1. The van der Waals surface area contributed by atoms with Crippen LogP contribution >= 0.6 is 11.3 Å². The van der Waals surface area contributed by atoms with Crippen molar-refractivity contribution < 1.29 is 4.79 Å². The summed E-state index contributed by atoms with van der Waals surface area (Å²) in [5.74, 6) is -0.0267. The zero-order valence-electron chi connectivity index (χ0n) is 12.0. The first-order chi connectivity index (χ1) is 10.8. The maximum Gasteiger partial charge on any atom is 0.259 e. The van der Waals surface area contributed by atoms with Crippen molar-refractivity contribution in [2.45, 2.75) is 6.42 Å². The first-order valence-electron chi connectivity index (χ1n) is 7.17. The van der Waals surface area contributed by atoms with Crippen LogP contribution in [-0.2, 0) is 6.42 Å². The molecule has 0 fully saturated rings. The van der Waals surface area contributed by atoms with Gasteiger partial charge >= 0.3 is 0 Å². The summed E-state index contributed by atoms with van der Waals surface area (Å²) in [5.41, 5.74) is 2.73. The summed E-state index contributed by atoms with van der Waals surface area (Å²) in [4.78, 5) is 19.6. The van der Waals surface area contributed by atoms with E-state index in [4.69, 9.17) is 0 Å². The third-order valence-corrected chi connectivity index (χ3v) is 5.29. The second-order valence-corrected chi connectivity index (χ2v) is 6.35. The molecule has 0 N–H and O–H groups in total. The van der Waals surface area contributed by atoms with Gasteiger partial charge in [0.05, 0.1) is 16.1 Å². The lowest BCUT2D eigenvalue weighted by molar-refractivity contribution is 0.0834. The average Bonchev–Trinajstić information content (AvgIpc) is 2.95. The molecule has 0 atom stereocenters. The fraction of sp³-hybridized carbons (Fsp3) is 0.111. The van der Waals surface area contributed by atoms with Crippen LogP contribution in [0.1, 0.15) is 20.8 Å². The van der Waals surface area contributed by atoms with Gasteiger partial charge in [0.1, 0.15) is 0 Å². The molecule has 3 heterocycles. The van der Waals surface area contributed by atoms with Gasteiger partial charge in [0, 0.05) is 23.6 Å². The maximum atomic E-state index is 12.7. The Hall–Kier alpha value is -2.46. The lowest BCUT2D eigenvalue weighted by Crippen LogP contribution is -2.34. The highest BCUT2D eigenvalue weighted by Gasteiger charge is 2.28. The quantitative estimate of drug-likeness (QED) is 0.681. The normalized spacial score (nSPS) is 14.2. The Morgan fingerprint density at radius 3 is 2.91 bits per heavy atom. The molecule has 1 aromatic carbocycles. The highest BCUT2D eigenvalue weighted by molar-refractivity contribution is 7.20. The average molecular weight is 306 g/mol. The predicted molar refractivity (Wildman–Crippen MR) is 89.8 cm³/mol. The zero-order valence-corrected chi connectivity index (χ0v) is 12.8. The molecule has 4 rings (SSSR count). The van der Waals surface area contributed by atoms with Crippen LogP contribution in [0.3, 0.4) is 0 Å². The zero-order chi connectivity index (χ0) is 15.1. The third kappa shape index (κ3) is 1.96. The molecule has 0 bridgehead atoms. The molecule has 1 aliphatic heterocycles. The molecule has 0 spiro atoms. The Morgan fingerprint density at radius 1 is 1.23 bits per heavy atom. The summed E-state index contributed by atoms with van der Waals surface area (Å²) in [7, 11) is 0. The fourth-order valence-corrected chi connectivity index (χ4v) is 4.16. The van der Waals surface area contributed by atoms with Gasteiger partial charge in [-0.3, -0.25) is 9.78 Å². The minimum absolute atomic E-state index is 0.0267. The molecule has 0 saturated carbocycles. The summed E-state index contributed by atoms with van der Waals surface area (Å²) in [6, 6.07) is 12.0. The molecule has 1 amide bonds. The second kappa shape index (κ2) is 5.07. The van der Waals surface area contributed by atoms with Crippen LogP contribution in [-0.4, -0.2) is 22.3 Å². The molecule has 3 aromatic rings. The van der Waals surface area contributed by atoms with E-state index in [1.54, 1.807) is 40.8 Å². The lowest BCUT2D eigenvalue weighted by atomic mass is 10.0. The van der Waals surface area contributed by atoms with E-state index in [9.17, 15) is 4.79 Å². The lowest BCUT2D eigenvalue weighted by Gasteiger charge is -2.29. The van der Waals surface area contributed by atoms with Crippen LogP contribution in [0.15, 0.2) is 55.4 Å². The van der Waals surface area contributed by atoms with Crippen molar-refractivity contribution in [3.63, 3.8) is 0 Å². The van der Waals surface area contributed by atoms with E-state index in [0.29, 0.717) is 12.1 Å². The summed E-state index contributed by atoms with van der Waals surface area (Å²) in [6.45, 7) is 4.84. The fourth-order valence-electron chi connectivity index (χ4n) is 2.93. The second-order valence-electron chi connectivity index (χ2n) is 5.30. The maximum absolute atomic E-state index is 12.7. The van der Waals surface area contributed by atoms with Crippen molar-refractivity contribution in [3.8, 4) is 0 Å². The Balaban J connectivity index is 1.75. The summed E-state index contributed by atoms with van der Waals surface area (Å²) in [5, 5.41) is 1.29. The van der Waals surface area contributed by atoms with Crippen LogP contribution in [0.2, 0.25) is 0 Å². The van der Waals surface area contributed by atoms with E-state index in [-0.39, 0.29) is 5.91 Å². The molecule has 4 heteroatoms. The van der Waals surface area contributed by atoms with Crippen LogP contribution < -0.4 is 0 Å². The minimum atomic E-state index is -0.0267. The summed E-state index contributed by atoms with van der Waals surface area (Å²) >= 11 is 1.72. The van der Waals surface area contributed by atoms with Gasteiger partial charge in [-0.1, -0.05) is 24.8 Å². The predicted octanol–water partition coefficient (Wildman–Crippen LogP) is 3.97. The molecule has 0 saturated heterocycles. The number of thiophene rings is 1. The number of nitrogens with zero attached hydrogens (tertiary/aromatic N) is 2. The Labute approximate surface area is 132 Å². The molecular formula is C18H14N2OS. The number of aromatic nitrogens is 1. The van der Waals surface area contributed by atoms with Crippen LogP contribution in [0.4, 0.5) is 0 Å². The number of hydrogen-bond acceptors (Lipinski definition) is 3. The van der Waals surface area contributed by atoms with E-state index < -0.39 is 0 Å². The number of rotatable bonds is 1. The number of benzene rings is 1. The van der Waals surface area contributed by atoms with E-state index in [1.807, 2.05) is 6.07 Å². The topological polar surface area (TPSA) is 33.2 Å². The number of hydrogen-bond donors (Lipinski definition) is 0. The standard InChI is InChI=1S/C18H14N2OS/c1-12-17-15(14-6-2-3-7-16(14)22-17)8-10-20(12)18(21)13-5-4-9-19-11-13/h2-7,9,11H,1,8,10H2. The van der Waals surface area contributed by atoms with Gasteiger partial charge < -0.3 is 4.90 Å². The monoisotopic (exact) mass is 306 g/mol. The van der Waals surface area contributed by atoms with Crippen LogP contribution in [0, 0.1) is 0 Å². The van der Waals surface area contributed by atoms with Gasteiger partial charge in [-0.2, -0.15) is 0 Å². The largest absolute Gasteiger partial charge is 0.307 e. The first-order valence-corrected chi connectivity index (χ1v) is 7.99. The van der Waals surface area contributed by atoms with Crippen molar-refractivity contribution in [1.29, 1.82) is 0 Å². The van der Waals surface area contributed by atoms with Gasteiger partial charge in [-0.25, -0.2) is 0 Å². The number of carbonyl (C=O) groups excluding carboxylic acids is 1. The highest BCUT2D eigenvalue weighted by atomic mass is 32.1. The van der Waals surface area contributed by atoms with Gasteiger partial charge in [-0.05, 0) is 35.6 Å². The van der Waals surface area contributed by atoms with Gasteiger partial charge in [0.2, 0.25) is 0 Å². The minimum Gasteiger partial charge on any atom is -0.307 e. The van der Waals surface area contributed by atoms with Gasteiger partial charge in [0.15, 0.2) is 0 Å². The van der Waals surface area contributed by atoms with Crippen molar-refractivity contribution in [3.05, 3.63) is 71.4 Å². The molecule has 0 unspecified atom stereocenters. The molecule has 2 aromatic heterocycles. The van der Waals surface area contributed by atoms with Crippen molar-refractivity contribution >= 4 is 33.0 Å². The number of fused-ring (bicyclic) bond motifs is 3.